The molecule has 1 aromatic carbocycles. The van der Waals surface area contributed by atoms with Gasteiger partial charge in [0.1, 0.15) is 6.04 Å². The smallest absolute Gasteiger partial charge is 0.324 e. The number of carbonyl (C=O) groups is 1. The number of benzene rings is 1. The summed E-state index contributed by atoms with van der Waals surface area (Å²) in [6.45, 7) is 0.348. The highest BCUT2D eigenvalue weighted by Gasteiger charge is 2.36. The maximum atomic E-state index is 12.4. The van der Waals surface area contributed by atoms with Crippen molar-refractivity contribution in [1.29, 1.82) is 0 Å². The molecule has 0 aliphatic carbocycles. The molecule has 0 N–H and O–H groups in total. The summed E-state index contributed by atoms with van der Waals surface area (Å²) in [6, 6.07) is 8.47. The molecule has 1 unspecified atom stereocenters. The molecule has 21 heavy (non-hydrogen) atoms. The fourth-order valence-electron chi connectivity index (χ4n) is 2.39. The molecule has 5 nitrogen and oxygen atoms in total. The third-order valence-corrected chi connectivity index (χ3v) is 5.06. The van der Waals surface area contributed by atoms with E-state index in [2.05, 4.69) is 0 Å². The summed E-state index contributed by atoms with van der Waals surface area (Å²) in [5.74, 6) is -0.494. The maximum Gasteiger partial charge on any atom is 0.324 e. The van der Waals surface area contributed by atoms with Crippen LogP contribution in [0.4, 0.5) is 0 Å². The minimum absolute atomic E-state index is 0.348. The lowest BCUT2D eigenvalue weighted by molar-refractivity contribution is -0.146. The van der Waals surface area contributed by atoms with Crippen molar-refractivity contribution in [1.82, 2.24) is 4.31 Å². The van der Waals surface area contributed by atoms with E-state index in [0.717, 1.165) is 23.8 Å². The molecule has 2 rings (SSSR count). The first-order chi connectivity index (χ1) is 10.0. The fraction of sp³-hybridized carbons (Fsp3) is 0.400. The number of carbonyl (C=O) groups excluding carboxylic acids is 1. The highest BCUT2D eigenvalue weighted by molar-refractivity contribution is 7.92. The number of ether oxygens (including phenoxy) is 1. The van der Waals surface area contributed by atoms with E-state index in [9.17, 15) is 13.2 Å². The molecule has 0 saturated carbocycles. The van der Waals surface area contributed by atoms with Gasteiger partial charge in [-0.2, -0.15) is 4.31 Å². The standard InChI is InChI=1S/C15H19NO4S/c1-20-15(17)14-9-5-6-11-16(14)21(18,19)12-10-13-7-3-2-4-8-13/h2-4,7-8,10,12,14H,5-6,9,11H2,1H3/b12-10+. The van der Waals surface area contributed by atoms with Crippen molar-refractivity contribution in [2.45, 2.75) is 25.3 Å². The summed E-state index contributed by atoms with van der Waals surface area (Å²) in [5.41, 5.74) is 0.799. The van der Waals surface area contributed by atoms with E-state index in [4.69, 9.17) is 4.74 Å². The molecule has 1 heterocycles. The summed E-state index contributed by atoms with van der Waals surface area (Å²) < 4.78 is 30.8. The van der Waals surface area contributed by atoms with Crippen molar-refractivity contribution in [2.24, 2.45) is 0 Å². The van der Waals surface area contributed by atoms with Gasteiger partial charge < -0.3 is 4.74 Å². The molecule has 1 saturated heterocycles. The lowest BCUT2D eigenvalue weighted by atomic mass is 10.1. The first-order valence-electron chi connectivity index (χ1n) is 6.87. The normalized spacial score (nSPS) is 20.5. The van der Waals surface area contributed by atoms with Gasteiger partial charge in [0.05, 0.1) is 7.11 Å². The lowest BCUT2D eigenvalue weighted by Crippen LogP contribution is -2.47. The first kappa shape index (κ1) is 15.7. The second-order valence-electron chi connectivity index (χ2n) is 4.90. The van der Waals surface area contributed by atoms with Gasteiger partial charge in [-0.25, -0.2) is 8.42 Å². The third-order valence-electron chi connectivity index (χ3n) is 3.49. The molecule has 0 aromatic heterocycles. The minimum Gasteiger partial charge on any atom is -0.468 e. The van der Waals surface area contributed by atoms with Gasteiger partial charge in [0.2, 0.25) is 10.0 Å². The van der Waals surface area contributed by atoms with Crippen LogP contribution in [0.1, 0.15) is 24.8 Å². The second-order valence-corrected chi connectivity index (χ2v) is 6.67. The highest BCUT2D eigenvalue weighted by Crippen LogP contribution is 2.22. The highest BCUT2D eigenvalue weighted by atomic mass is 32.2. The van der Waals surface area contributed by atoms with Crippen molar-refractivity contribution in [3.8, 4) is 0 Å². The number of hydrogen-bond acceptors (Lipinski definition) is 4. The van der Waals surface area contributed by atoms with Crippen LogP contribution in [0.25, 0.3) is 6.08 Å². The Morgan fingerprint density at radius 3 is 2.67 bits per heavy atom. The van der Waals surface area contributed by atoms with Crippen LogP contribution >= 0.6 is 0 Å². The molecule has 1 aliphatic rings. The predicted molar refractivity (Wildman–Crippen MR) is 80.8 cm³/mol. The molecule has 114 valence electrons. The molecule has 0 amide bonds. The van der Waals surface area contributed by atoms with Crippen LogP contribution in [0.15, 0.2) is 35.7 Å². The Hall–Kier alpha value is -1.66. The molecule has 1 aliphatic heterocycles. The van der Waals surface area contributed by atoms with E-state index in [0.29, 0.717) is 13.0 Å². The largest absolute Gasteiger partial charge is 0.468 e. The summed E-state index contributed by atoms with van der Waals surface area (Å²) in [7, 11) is -2.35. The molecule has 0 radical (unpaired) electrons. The van der Waals surface area contributed by atoms with E-state index in [1.54, 1.807) is 0 Å². The van der Waals surface area contributed by atoms with E-state index >= 15 is 0 Å². The fourth-order valence-corrected chi connectivity index (χ4v) is 3.80. The van der Waals surface area contributed by atoms with Crippen LogP contribution in [0.3, 0.4) is 0 Å². The average Bonchev–Trinajstić information content (AvgIpc) is 2.53. The lowest BCUT2D eigenvalue weighted by Gasteiger charge is -2.31. The molecule has 6 heteroatoms. The number of hydrogen-bond donors (Lipinski definition) is 0. The number of sulfonamides is 1. The number of piperidine rings is 1. The maximum absolute atomic E-state index is 12.4. The summed E-state index contributed by atoms with van der Waals surface area (Å²) in [6.07, 6.45) is 3.63. The quantitative estimate of drug-likeness (QED) is 0.798. The zero-order valence-corrected chi connectivity index (χ0v) is 12.8. The first-order valence-corrected chi connectivity index (χ1v) is 8.38. The van der Waals surface area contributed by atoms with Crippen LogP contribution in [-0.4, -0.2) is 38.4 Å². The van der Waals surface area contributed by atoms with Gasteiger partial charge in [-0.15, -0.1) is 0 Å². The monoisotopic (exact) mass is 309 g/mol. The van der Waals surface area contributed by atoms with Gasteiger partial charge in [0.25, 0.3) is 0 Å². The van der Waals surface area contributed by atoms with Crippen LogP contribution in [0.5, 0.6) is 0 Å². The molecule has 1 atom stereocenters. The summed E-state index contributed by atoms with van der Waals surface area (Å²) in [4.78, 5) is 11.7. The Balaban J connectivity index is 2.20. The van der Waals surface area contributed by atoms with E-state index in [-0.39, 0.29) is 0 Å². The summed E-state index contributed by atoms with van der Waals surface area (Å²) >= 11 is 0. The minimum atomic E-state index is -3.63. The Kier molecular flexibility index (Phi) is 5.14. The zero-order chi connectivity index (χ0) is 15.3. The Bertz CT molecular complexity index is 610. The van der Waals surface area contributed by atoms with E-state index in [1.165, 1.54) is 17.5 Å². The van der Waals surface area contributed by atoms with Crippen molar-refractivity contribution < 1.29 is 17.9 Å². The molecule has 0 spiro atoms. The second kappa shape index (κ2) is 6.87. The average molecular weight is 309 g/mol. The third kappa shape index (κ3) is 3.92. The van der Waals surface area contributed by atoms with Crippen LogP contribution in [0.2, 0.25) is 0 Å². The molecule has 1 aromatic rings. The van der Waals surface area contributed by atoms with Crippen molar-refractivity contribution >= 4 is 22.1 Å². The van der Waals surface area contributed by atoms with Crippen molar-refractivity contribution in [3.05, 3.63) is 41.3 Å². The SMILES string of the molecule is COC(=O)C1CCCCN1S(=O)(=O)/C=C/c1ccccc1. The number of rotatable bonds is 4. The number of esters is 1. The Morgan fingerprint density at radius 1 is 1.29 bits per heavy atom. The topological polar surface area (TPSA) is 63.7 Å². The van der Waals surface area contributed by atoms with Crippen LogP contribution < -0.4 is 0 Å². The Labute approximate surface area is 125 Å². The molecule has 1 fully saturated rings. The van der Waals surface area contributed by atoms with Gasteiger partial charge in [0.15, 0.2) is 0 Å². The van der Waals surface area contributed by atoms with Gasteiger partial charge in [-0.1, -0.05) is 30.3 Å². The van der Waals surface area contributed by atoms with Crippen molar-refractivity contribution in [2.75, 3.05) is 13.7 Å². The van der Waals surface area contributed by atoms with Gasteiger partial charge in [0, 0.05) is 12.0 Å². The molecular formula is C15H19NO4S. The predicted octanol–water partition coefficient (Wildman–Crippen LogP) is 2.01. The zero-order valence-electron chi connectivity index (χ0n) is 11.9. The Morgan fingerprint density at radius 2 is 2.00 bits per heavy atom. The van der Waals surface area contributed by atoms with Gasteiger partial charge >= 0.3 is 5.97 Å². The van der Waals surface area contributed by atoms with Gasteiger partial charge in [-0.05, 0) is 30.9 Å². The van der Waals surface area contributed by atoms with E-state index in [1.807, 2.05) is 30.3 Å². The number of methoxy groups -OCH3 is 1. The molecule has 0 bridgehead atoms. The van der Waals surface area contributed by atoms with Crippen LogP contribution in [0, 0.1) is 0 Å². The van der Waals surface area contributed by atoms with Gasteiger partial charge in [-0.3, -0.25) is 4.79 Å². The van der Waals surface area contributed by atoms with Crippen LogP contribution in [-0.2, 0) is 19.6 Å². The summed E-state index contributed by atoms with van der Waals surface area (Å²) in [5, 5.41) is 1.16. The van der Waals surface area contributed by atoms with E-state index < -0.39 is 22.0 Å². The molecular weight excluding hydrogens is 290 g/mol. The van der Waals surface area contributed by atoms with Crippen molar-refractivity contribution in [3.63, 3.8) is 0 Å². The number of nitrogens with zero attached hydrogens (tertiary/aromatic N) is 1.